The summed E-state index contributed by atoms with van der Waals surface area (Å²) >= 11 is 2.09. The molecular weight excluding hydrogens is 491 g/mol. The molecule has 0 amide bonds. The van der Waals surface area contributed by atoms with Crippen LogP contribution in [0.1, 0.15) is 30.7 Å². The molecule has 0 unspecified atom stereocenters. The van der Waals surface area contributed by atoms with E-state index in [1.54, 1.807) is 25.3 Å². The van der Waals surface area contributed by atoms with E-state index in [9.17, 15) is 8.78 Å². The average molecular weight is 518 g/mol. The molecule has 0 saturated carbocycles. The van der Waals surface area contributed by atoms with Crippen LogP contribution < -0.4 is 10.0 Å². The van der Waals surface area contributed by atoms with Gasteiger partial charge in [-0.3, -0.25) is 9.98 Å². The molecule has 10 heteroatoms. The number of thiazole rings is 1. The number of aliphatic imine (C=N–C) groups is 2. The van der Waals surface area contributed by atoms with Gasteiger partial charge >= 0.3 is 0 Å². The molecule has 0 aliphatic carbocycles. The summed E-state index contributed by atoms with van der Waals surface area (Å²) in [6, 6.07) is 8.34. The summed E-state index contributed by atoms with van der Waals surface area (Å²) in [5, 5.41) is 3.78. The molecule has 5 nitrogen and oxygen atoms in total. The fourth-order valence-corrected chi connectivity index (χ4v) is 4.79. The SMILES string of the molecule is C=N/C=C\C(=NCNC)c1sc(C(C)(C)C)nc1-c1cccc(NSc2c(F)cccc2F)c1F. The van der Waals surface area contributed by atoms with Crippen LogP contribution in [0.3, 0.4) is 0 Å². The van der Waals surface area contributed by atoms with Crippen molar-refractivity contribution in [3.05, 3.63) is 76.0 Å². The minimum Gasteiger partial charge on any atom is -0.323 e. The number of anilines is 1. The maximum absolute atomic E-state index is 15.7. The van der Waals surface area contributed by atoms with Crippen molar-refractivity contribution in [1.29, 1.82) is 0 Å². The molecule has 0 aliphatic rings. The first-order valence-electron chi connectivity index (χ1n) is 10.7. The van der Waals surface area contributed by atoms with Crippen molar-refractivity contribution in [2.45, 2.75) is 31.1 Å². The van der Waals surface area contributed by atoms with Crippen LogP contribution in [0.25, 0.3) is 11.3 Å². The van der Waals surface area contributed by atoms with Crippen LogP contribution in [-0.2, 0) is 5.41 Å². The lowest BCUT2D eigenvalue weighted by molar-refractivity contribution is 0.541. The van der Waals surface area contributed by atoms with E-state index >= 15 is 4.39 Å². The molecule has 0 fully saturated rings. The van der Waals surface area contributed by atoms with Crippen molar-refractivity contribution in [2.24, 2.45) is 9.98 Å². The molecular formula is C25H26F3N5S2. The van der Waals surface area contributed by atoms with Gasteiger partial charge in [-0.1, -0.05) is 32.9 Å². The van der Waals surface area contributed by atoms with Crippen molar-refractivity contribution in [1.82, 2.24) is 10.3 Å². The molecule has 35 heavy (non-hydrogen) atoms. The number of benzene rings is 2. The quantitative estimate of drug-likeness (QED) is 0.241. The second-order valence-corrected chi connectivity index (χ2v) is 10.2. The molecule has 0 saturated heterocycles. The number of halogens is 3. The fraction of sp³-hybridized carbons (Fsp3) is 0.240. The number of allylic oxidation sites excluding steroid dienone is 1. The first-order chi connectivity index (χ1) is 16.7. The van der Waals surface area contributed by atoms with Crippen LogP contribution >= 0.6 is 23.3 Å². The van der Waals surface area contributed by atoms with E-state index in [2.05, 4.69) is 26.7 Å². The summed E-state index contributed by atoms with van der Waals surface area (Å²) in [5.41, 5.74) is 1.03. The highest BCUT2D eigenvalue weighted by Crippen LogP contribution is 2.38. The monoisotopic (exact) mass is 517 g/mol. The molecule has 0 atom stereocenters. The lowest BCUT2D eigenvalue weighted by Crippen LogP contribution is -2.10. The van der Waals surface area contributed by atoms with Gasteiger partial charge in [0, 0.05) is 17.2 Å². The molecule has 1 heterocycles. The van der Waals surface area contributed by atoms with E-state index in [0.717, 1.165) is 17.1 Å². The van der Waals surface area contributed by atoms with Crippen molar-refractivity contribution in [2.75, 3.05) is 18.4 Å². The molecule has 0 aliphatic heterocycles. The third kappa shape index (κ3) is 6.39. The zero-order chi connectivity index (χ0) is 25.6. The van der Waals surface area contributed by atoms with Gasteiger partial charge in [0.05, 0.1) is 38.5 Å². The van der Waals surface area contributed by atoms with Crippen LogP contribution in [0.4, 0.5) is 18.9 Å². The van der Waals surface area contributed by atoms with Gasteiger partial charge in [-0.05, 0) is 56.1 Å². The van der Waals surface area contributed by atoms with E-state index in [4.69, 9.17) is 4.98 Å². The first kappa shape index (κ1) is 26.7. The Morgan fingerprint density at radius 2 is 1.83 bits per heavy atom. The number of nitrogens with zero attached hydrogens (tertiary/aromatic N) is 3. The van der Waals surface area contributed by atoms with Crippen LogP contribution in [-0.4, -0.2) is 31.1 Å². The van der Waals surface area contributed by atoms with Gasteiger partial charge in [0.2, 0.25) is 0 Å². The van der Waals surface area contributed by atoms with Crippen LogP contribution in [0.5, 0.6) is 0 Å². The maximum Gasteiger partial charge on any atom is 0.156 e. The summed E-state index contributed by atoms with van der Waals surface area (Å²) in [4.78, 5) is 13.5. The highest BCUT2D eigenvalue weighted by Gasteiger charge is 2.26. The second kappa shape index (κ2) is 11.7. The van der Waals surface area contributed by atoms with Crippen LogP contribution in [0, 0.1) is 17.5 Å². The fourth-order valence-electron chi connectivity index (χ4n) is 2.96. The molecule has 1 aromatic heterocycles. The summed E-state index contributed by atoms with van der Waals surface area (Å²) < 4.78 is 46.5. The van der Waals surface area contributed by atoms with Gasteiger partial charge < -0.3 is 10.0 Å². The normalized spacial score (nSPS) is 12.4. The van der Waals surface area contributed by atoms with E-state index in [0.29, 0.717) is 34.9 Å². The number of hydrogen-bond acceptors (Lipinski definition) is 7. The first-order valence-corrected chi connectivity index (χ1v) is 12.3. The van der Waals surface area contributed by atoms with Crippen molar-refractivity contribution >= 4 is 41.4 Å². The van der Waals surface area contributed by atoms with E-state index in [1.165, 1.54) is 29.7 Å². The minimum atomic E-state index is -0.733. The lowest BCUT2D eigenvalue weighted by Gasteiger charge is -2.13. The number of rotatable bonds is 9. The van der Waals surface area contributed by atoms with Gasteiger partial charge in [0.1, 0.15) is 11.6 Å². The lowest BCUT2D eigenvalue weighted by atomic mass is 9.98. The smallest absolute Gasteiger partial charge is 0.156 e. The largest absolute Gasteiger partial charge is 0.323 e. The van der Waals surface area contributed by atoms with Gasteiger partial charge in [-0.2, -0.15) is 0 Å². The third-order valence-electron chi connectivity index (χ3n) is 4.68. The molecule has 2 N–H and O–H groups in total. The Kier molecular flexibility index (Phi) is 8.87. The van der Waals surface area contributed by atoms with Crippen molar-refractivity contribution < 1.29 is 13.2 Å². The summed E-state index contributed by atoms with van der Waals surface area (Å²) in [5.74, 6) is -2.06. The zero-order valence-corrected chi connectivity index (χ0v) is 21.5. The second-order valence-electron chi connectivity index (χ2n) is 8.42. The molecule has 0 spiro atoms. The topological polar surface area (TPSA) is 61.7 Å². The van der Waals surface area contributed by atoms with E-state index < -0.39 is 17.5 Å². The third-order valence-corrected chi connectivity index (χ3v) is 7.10. The minimum absolute atomic E-state index is 0.0726. The zero-order valence-electron chi connectivity index (χ0n) is 19.8. The highest BCUT2D eigenvalue weighted by atomic mass is 32.2. The number of hydrogen-bond donors (Lipinski definition) is 2. The van der Waals surface area contributed by atoms with Crippen molar-refractivity contribution in [3.63, 3.8) is 0 Å². The van der Waals surface area contributed by atoms with Crippen LogP contribution in [0.2, 0.25) is 0 Å². The Morgan fingerprint density at radius 3 is 2.46 bits per heavy atom. The Hall–Kier alpha value is -2.95. The van der Waals surface area contributed by atoms with Gasteiger partial charge in [-0.15, -0.1) is 11.3 Å². The van der Waals surface area contributed by atoms with Crippen molar-refractivity contribution in [3.8, 4) is 11.3 Å². The van der Waals surface area contributed by atoms with Gasteiger partial charge in [0.15, 0.2) is 5.82 Å². The predicted molar refractivity (Wildman–Crippen MR) is 141 cm³/mol. The summed E-state index contributed by atoms with van der Waals surface area (Å²) in [6.45, 7) is 9.89. The number of aromatic nitrogens is 1. The van der Waals surface area contributed by atoms with Gasteiger partial charge in [-0.25, -0.2) is 18.2 Å². The molecule has 184 valence electrons. The molecule has 3 rings (SSSR count). The standard InChI is InChI=1S/C25H26F3N5S2/c1-25(2,3)24-32-21(23(34-24)19(12-13-29-4)31-14-30-5)15-8-6-11-18(20(15)28)33-35-22-16(26)9-7-10-17(22)27/h6-13,30,33H,4,14H2,1-3,5H3/b13-12-,31-19?. The summed E-state index contributed by atoms with van der Waals surface area (Å²) in [6.07, 6.45) is 3.22. The van der Waals surface area contributed by atoms with Gasteiger partial charge in [0.25, 0.3) is 0 Å². The molecule has 0 bridgehead atoms. The number of nitrogens with one attached hydrogen (secondary N) is 2. The highest BCUT2D eigenvalue weighted by molar-refractivity contribution is 8.00. The predicted octanol–water partition coefficient (Wildman–Crippen LogP) is 6.82. The molecule has 0 radical (unpaired) electrons. The Morgan fingerprint density at radius 1 is 1.14 bits per heavy atom. The van der Waals surface area contributed by atoms with E-state index in [1.807, 2.05) is 20.8 Å². The molecule has 2 aromatic carbocycles. The molecule has 3 aromatic rings. The van der Waals surface area contributed by atoms with Crippen LogP contribution in [0.15, 0.2) is 63.6 Å². The Bertz CT molecular complexity index is 1240. The van der Waals surface area contributed by atoms with E-state index in [-0.39, 0.29) is 21.6 Å². The Labute approximate surface area is 211 Å². The average Bonchev–Trinajstić information content (AvgIpc) is 3.25. The Balaban J connectivity index is 2.09. The maximum atomic E-state index is 15.7. The summed E-state index contributed by atoms with van der Waals surface area (Å²) in [7, 11) is 1.77.